The standard InChI is InChI=1S/C16H23N3O3S/c1-11-3-6-14(23(21,22)18-13-4-5-13)9-15(11)16(20)19-8-7-17-10-12(19)2/h3,6,9,12-13,17-18H,4-5,7-8,10H2,1-2H3/t12-/m1/s1. The van der Waals surface area contributed by atoms with Crippen LogP contribution in [0.2, 0.25) is 0 Å². The van der Waals surface area contributed by atoms with Crippen molar-refractivity contribution in [1.82, 2.24) is 14.9 Å². The summed E-state index contributed by atoms with van der Waals surface area (Å²) in [5, 5.41) is 3.25. The fraction of sp³-hybridized carbons (Fsp3) is 0.562. The fourth-order valence-corrected chi connectivity index (χ4v) is 4.12. The Morgan fingerprint density at radius 1 is 1.35 bits per heavy atom. The number of nitrogens with one attached hydrogen (secondary N) is 2. The van der Waals surface area contributed by atoms with Gasteiger partial charge < -0.3 is 10.2 Å². The molecule has 2 fully saturated rings. The lowest BCUT2D eigenvalue weighted by atomic mass is 10.1. The van der Waals surface area contributed by atoms with Crippen LogP contribution in [-0.2, 0) is 10.0 Å². The Kier molecular flexibility index (Phi) is 4.44. The number of carbonyl (C=O) groups excluding carboxylic acids is 1. The molecule has 1 saturated carbocycles. The first-order valence-corrected chi connectivity index (χ1v) is 9.51. The number of hydrogen-bond donors (Lipinski definition) is 2. The minimum atomic E-state index is -3.55. The number of carbonyl (C=O) groups is 1. The number of piperazine rings is 1. The highest BCUT2D eigenvalue weighted by atomic mass is 32.2. The fourth-order valence-electron chi connectivity index (χ4n) is 2.78. The molecule has 0 unspecified atom stereocenters. The van der Waals surface area contributed by atoms with E-state index in [1.807, 2.05) is 18.7 Å². The maximum atomic E-state index is 12.8. The van der Waals surface area contributed by atoms with Crippen LogP contribution < -0.4 is 10.0 Å². The van der Waals surface area contributed by atoms with E-state index in [2.05, 4.69) is 10.0 Å². The predicted octanol–water partition coefficient (Wildman–Crippen LogP) is 0.870. The first-order chi connectivity index (χ1) is 10.9. The summed E-state index contributed by atoms with van der Waals surface area (Å²) in [6, 6.07) is 4.94. The molecule has 0 bridgehead atoms. The van der Waals surface area contributed by atoms with Crippen LogP contribution in [0.5, 0.6) is 0 Å². The maximum Gasteiger partial charge on any atom is 0.254 e. The Balaban J connectivity index is 1.89. The average Bonchev–Trinajstić information content (AvgIpc) is 3.30. The molecule has 0 aromatic heterocycles. The van der Waals surface area contributed by atoms with Gasteiger partial charge in [-0.1, -0.05) is 6.07 Å². The highest BCUT2D eigenvalue weighted by molar-refractivity contribution is 7.89. The summed E-state index contributed by atoms with van der Waals surface area (Å²) in [7, 11) is -3.55. The number of hydrogen-bond acceptors (Lipinski definition) is 4. The lowest BCUT2D eigenvalue weighted by Gasteiger charge is -2.34. The molecule has 7 heteroatoms. The van der Waals surface area contributed by atoms with Gasteiger partial charge >= 0.3 is 0 Å². The van der Waals surface area contributed by atoms with Crippen LogP contribution in [0, 0.1) is 6.92 Å². The van der Waals surface area contributed by atoms with Crippen LogP contribution in [-0.4, -0.2) is 50.9 Å². The first kappa shape index (κ1) is 16.4. The Morgan fingerprint density at radius 2 is 2.09 bits per heavy atom. The summed E-state index contributed by atoms with van der Waals surface area (Å²) in [5.74, 6) is -0.0972. The van der Waals surface area contributed by atoms with Gasteiger partial charge in [0.15, 0.2) is 0 Å². The first-order valence-electron chi connectivity index (χ1n) is 8.03. The third-order valence-electron chi connectivity index (χ3n) is 4.41. The average molecular weight is 337 g/mol. The van der Waals surface area contributed by atoms with Crippen molar-refractivity contribution in [3.63, 3.8) is 0 Å². The van der Waals surface area contributed by atoms with Crippen molar-refractivity contribution in [2.24, 2.45) is 0 Å². The summed E-state index contributed by atoms with van der Waals surface area (Å²) in [6.07, 6.45) is 1.77. The minimum Gasteiger partial charge on any atom is -0.333 e. The number of aryl methyl sites for hydroxylation is 1. The van der Waals surface area contributed by atoms with Crippen molar-refractivity contribution in [3.05, 3.63) is 29.3 Å². The van der Waals surface area contributed by atoms with E-state index in [0.29, 0.717) is 12.1 Å². The molecule has 3 rings (SSSR count). The Hall–Kier alpha value is -1.44. The molecule has 1 aliphatic carbocycles. The minimum absolute atomic E-state index is 0.0497. The smallest absolute Gasteiger partial charge is 0.254 e. The largest absolute Gasteiger partial charge is 0.333 e. The monoisotopic (exact) mass is 337 g/mol. The van der Waals surface area contributed by atoms with E-state index in [9.17, 15) is 13.2 Å². The quantitative estimate of drug-likeness (QED) is 0.854. The molecule has 126 valence electrons. The molecule has 6 nitrogen and oxygen atoms in total. The molecule has 1 heterocycles. The zero-order valence-corrected chi connectivity index (χ0v) is 14.3. The normalized spacial score (nSPS) is 22.2. The molecule has 1 aliphatic heterocycles. The number of benzene rings is 1. The molecule has 0 spiro atoms. The SMILES string of the molecule is Cc1ccc(S(=O)(=O)NC2CC2)cc1C(=O)N1CCNC[C@H]1C. The van der Waals surface area contributed by atoms with Crippen LogP contribution in [0.4, 0.5) is 0 Å². The number of amides is 1. The van der Waals surface area contributed by atoms with Crippen LogP contribution >= 0.6 is 0 Å². The second kappa shape index (κ2) is 6.22. The molecule has 23 heavy (non-hydrogen) atoms. The lowest BCUT2D eigenvalue weighted by Crippen LogP contribution is -2.52. The van der Waals surface area contributed by atoms with Crippen molar-refractivity contribution >= 4 is 15.9 Å². The maximum absolute atomic E-state index is 12.8. The van der Waals surface area contributed by atoms with Crippen LogP contribution in [0.3, 0.4) is 0 Å². The third-order valence-corrected chi connectivity index (χ3v) is 5.93. The van der Waals surface area contributed by atoms with Gasteiger partial charge in [0, 0.05) is 37.3 Å². The van der Waals surface area contributed by atoms with E-state index in [1.165, 1.54) is 6.07 Å². The molecule has 1 atom stereocenters. The highest BCUT2D eigenvalue weighted by Crippen LogP contribution is 2.24. The zero-order valence-electron chi connectivity index (χ0n) is 13.5. The zero-order chi connectivity index (χ0) is 16.6. The molecule has 1 aromatic rings. The van der Waals surface area contributed by atoms with Crippen LogP contribution in [0.1, 0.15) is 35.7 Å². The number of rotatable bonds is 4. The van der Waals surface area contributed by atoms with Crippen LogP contribution in [0.15, 0.2) is 23.1 Å². The summed E-state index contributed by atoms with van der Waals surface area (Å²) in [6.45, 7) is 5.98. The van der Waals surface area contributed by atoms with Gasteiger partial charge in [-0.3, -0.25) is 4.79 Å². The van der Waals surface area contributed by atoms with E-state index >= 15 is 0 Å². The molecule has 2 aliphatic rings. The number of nitrogens with zero attached hydrogens (tertiary/aromatic N) is 1. The molecular formula is C16H23N3O3S. The number of sulfonamides is 1. The third kappa shape index (κ3) is 3.57. The highest BCUT2D eigenvalue weighted by Gasteiger charge is 2.30. The van der Waals surface area contributed by atoms with E-state index in [4.69, 9.17) is 0 Å². The molecule has 1 amide bonds. The van der Waals surface area contributed by atoms with Crippen molar-refractivity contribution in [3.8, 4) is 0 Å². The molecule has 0 radical (unpaired) electrons. The molecule has 1 aromatic carbocycles. The lowest BCUT2D eigenvalue weighted by molar-refractivity contribution is 0.0654. The van der Waals surface area contributed by atoms with Gasteiger partial charge in [-0.2, -0.15) is 0 Å². The van der Waals surface area contributed by atoms with Crippen molar-refractivity contribution in [1.29, 1.82) is 0 Å². The topological polar surface area (TPSA) is 78.5 Å². The Morgan fingerprint density at radius 3 is 2.74 bits per heavy atom. The second-order valence-electron chi connectivity index (χ2n) is 6.42. The molecule has 1 saturated heterocycles. The van der Waals surface area contributed by atoms with Gasteiger partial charge in [-0.05, 0) is 44.4 Å². The Bertz CT molecular complexity index is 713. The second-order valence-corrected chi connectivity index (χ2v) is 8.14. The van der Waals surface area contributed by atoms with E-state index < -0.39 is 10.0 Å². The van der Waals surface area contributed by atoms with Gasteiger partial charge in [0.25, 0.3) is 5.91 Å². The van der Waals surface area contributed by atoms with Gasteiger partial charge in [0.05, 0.1) is 4.90 Å². The van der Waals surface area contributed by atoms with E-state index in [0.717, 1.165) is 31.5 Å². The summed E-state index contributed by atoms with van der Waals surface area (Å²) >= 11 is 0. The van der Waals surface area contributed by atoms with Crippen molar-refractivity contribution < 1.29 is 13.2 Å². The van der Waals surface area contributed by atoms with Crippen LogP contribution in [0.25, 0.3) is 0 Å². The van der Waals surface area contributed by atoms with Gasteiger partial charge in [-0.15, -0.1) is 0 Å². The predicted molar refractivity (Wildman–Crippen MR) is 87.9 cm³/mol. The summed E-state index contributed by atoms with van der Waals surface area (Å²) in [5.41, 5.74) is 1.27. The van der Waals surface area contributed by atoms with Gasteiger partial charge in [0.1, 0.15) is 0 Å². The molecule has 2 N–H and O–H groups in total. The van der Waals surface area contributed by atoms with Gasteiger partial charge in [-0.25, -0.2) is 13.1 Å². The Labute approximate surface area is 137 Å². The summed E-state index contributed by atoms with van der Waals surface area (Å²) < 4.78 is 27.4. The van der Waals surface area contributed by atoms with E-state index in [1.54, 1.807) is 12.1 Å². The summed E-state index contributed by atoms with van der Waals surface area (Å²) in [4.78, 5) is 14.8. The van der Waals surface area contributed by atoms with Crippen molar-refractivity contribution in [2.75, 3.05) is 19.6 Å². The van der Waals surface area contributed by atoms with Gasteiger partial charge in [0.2, 0.25) is 10.0 Å². The van der Waals surface area contributed by atoms with Crippen molar-refractivity contribution in [2.45, 2.75) is 43.7 Å². The molecular weight excluding hydrogens is 314 g/mol. The van der Waals surface area contributed by atoms with E-state index in [-0.39, 0.29) is 22.9 Å².